The van der Waals surface area contributed by atoms with Crippen molar-refractivity contribution in [3.8, 4) is 22.9 Å². The molecule has 0 aliphatic heterocycles. The lowest BCUT2D eigenvalue weighted by Crippen LogP contribution is -1.91. The number of anilines is 1. The quantitative estimate of drug-likeness (QED) is 0.748. The number of nitrogen functional groups attached to an aromatic ring is 1. The van der Waals surface area contributed by atoms with E-state index < -0.39 is 0 Å². The van der Waals surface area contributed by atoms with Crippen molar-refractivity contribution >= 4 is 22.1 Å². The number of nitrogens with two attached hydrogens (primary N) is 1. The summed E-state index contributed by atoms with van der Waals surface area (Å²) in [7, 11) is 0. The van der Waals surface area contributed by atoms with Crippen LogP contribution in [-0.2, 0) is 0 Å². The number of aromatic nitrogens is 2. The summed E-state index contributed by atoms with van der Waals surface area (Å²) in [5, 5.41) is 8.62. The Kier molecular flexibility index (Phi) is 3.31. The van der Waals surface area contributed by atoms with Crippen LogP contribution in [0.15, 0.2) is 34.7 Å². The molecule has 3 rings (SSSR count). The van der Waals surface area contributed by atoms with Crippen LogP contribution in [0.4, 0.5) is 5.00 Å². The highest BCUT2D eigenvalue weighted by atomic mass is 32.1. The summed E-state index contributed by atoms with van der Waals surface area (Å²) in [6, 6.07) is 9.50. The first kappa shape index (κ1) is 13.5. The van der Waals surface area contributed by atoms with Crippen molar-refractivity contribution in [1.29, 1.82) is 0 Å². The summed E-state index contributed by atoms with van der Waals surface area (Å²) in [6.07, 6.45) is 0. The Morgan fingerprint density at radius 1 is 1.19 bits per heavy atom. The Bertz CT molecular complexity index is 806. The summed E-state index contributed by atoms with van der Waals surface area (Å²) in [5.74, 6) is 0.755. The van der Waals surface area contributed by atoms with Gasteiger partial charge < -0.3 is 10.2 Å². The molecule has 0 bridgehead atoms. The Hall–Kier alpha value is -2.47. The van der Waals surface area contributed by atoms with Crippen LogP contribution in [-0.4, -0.2) is 16.0 Å². The predicted octanol–water partition coefficient (Wildman–Crippen LogP) is 3.56. The minimum absolute atomic E-state index is 0.0155. The number of rotatable bonds is 3. The van der Waals surface area contributed by atoms with Gasteiger partial charge in [-0.25, -0.2) is 0 Å². The first-order valence-corrected chi connectivity index (χ1v) is 7.18. The molecule has 0 aliphatic carbocycles. The lowest BCUT2D eigenvalue weighted by molar-refractivity contribution is 0.102. The molecule has 2 aromatic heterocycles. The average molecular weight is 299 g/mol. The van der Waals surface area contributed by atoms with E-state index in [0.29, 0.717) is 27.2 Å². The number of Topliss-reactive ketones (excluding diaryl/α,β-unsaturated/α-hetero) is 1. The Labute approximate surface area is 125 Å². The number of hydrogen-bond donors (Lipinski definition) is 1. The fraction of sp³-hybridized carbons (Fsp3) is 0.133. The van der Waals surface area contributed by atoms with Crippen LogP contribution in [0.1, 0.15) is 22.2 Å². The van der Waals surface area contributed by atoms with E-state index in [9.17, 15) is 4.79 Å². The molecule has 0 unspecified atom stereocenters. The number of ketones is 1. The maximum atomic E-state index is 11.6. The van der Waals surface area contributed by atoms with Crippen molar-refractivity contribution < 1.29 is 9.21 Å². The molecular formula is C15H13N3O2S. The third kappa shape index (κ3) is 2.34. The van der Waals surface area contributed by atoms with Crippen molar-refractivity contribution in [1.82, 2.24) is 10.2 Å². The molecule has 0 saturated heterocycles. The number of hydrogen-bond acceptors (Lipinski definition) is 6. The van der Waals surface area contributed by atoms with Gasteiger partial charge in [-0.1, -0.05) is 18.2 Å². The normalized spacial score (nSPS) is 10.8. The number of nitrogens with zero attached hydrogens (tertiary/aromatic N) is 2. The highest BCUT2D eigenvalue weighted by Gasteiger charge is 2.22. The molecule has 106 valence electrons. The van der Waals surface area contributed by atoms with Crippen LogP contribution in [0.3, 0.4) is 0 Å². The standard InChI is InChI=1S/C15H13N3O2S/c1-8-11(13(16)21-12(8)9(2)19)15-18-17-14(20-15)10-6-4-3-5-7-10/h3-7H,16H2,1-2H3. The first-order valence-electron chi connectivity index (χ1n) is 6.37. The van der Waals surface area contributed by atoms with Gasteiger partial charge in [-0.15, -0.1) is 21.5 Å². The molecule has 0 spiro atoms. The van der Waals surface area contributed by atoms with Crippen molar-refractivity contribution in [2.75, 3.05) is 5.73 Å². The second-order valence-corrected chi connectivity index (χ2v) is 5.68. The van der Waals surface area contributed by atoms with Gasteiger partial charge in [0.1, 0.15) is 0 Å². The Morgan fingerprint density at radius 3 is 2.48 bits per heavy atom. The molecule has 3 aromatic rings. The SMILES string of the molecule is CC(=O)c1sc(N)c(-c2nnc(-c3ccccc3)o2)c1C. The van der Waals surface area contributed by atoms with Crippen molar-refractivity contribution in [3.05, 3.63) is 40.8 Å². The van der Waals surface area contributed by atoms with Crippen LogP contribution in [0, 0.1) is 6.92 Å². The van der Waals surface area contributed by atoms with Crippen molar-refractivity contribution in [2.45, 2.75) is 13.8 Å². The molecule has 2 N–H and O–H groups in total. The summed E-state index contributed by atoms with van der Waals surface area (Å²) in [6.45, 7) is 3.36. The third-order valence-corrected chi connectivity index (χ3v) is 4.38. The van der Waals surface area contributed by atoms with Crippen molar-refractivity contribution in [2.24, 2.45) is 0 Å². The largest absolute Gasteiger partial charge is 0.416 e. The maximum absolute atomic E-state index is 11.6. The van der Waals surface area contributed by atoms with Crippen LogP contribution in [0.5, 0.6) is 0 Å². The van der Waals surface area contributed by atoms with Gasteiger partial charge in [-0.3, -0.25) is 4.79 Å². The van der Waals surface area contributed by atoms with Gasteiger partial charge in [-0.2, -0.15) is 0 Å². The number of thiophene rings is 1. The molecular weight excluding hydrogens is 286 g/mol. The van der Waals surface area contributed by atoms with E-state index in [-0.39, 0.29) is 5.78 Å². The topological polar surface area (TPSA) is 82.0 Å². The first-order chi connectivity index (χ1) is 10.1. The van der Waals surface area contributed by atoms with E-state index in [1.54, 1.807) is 0 Å². The molecule has 1 aromatic carbocycles. The minimum atomic E-state index is -0.0155. The zero-order chi connectivity index (χ0) is 15.0. The highest BCUT2D eigenvalue weighted by Crippen LogP contribution is 2.38. The van der Waals surface area contributed by atoms with Gasteiger partial charge in [-0.05, 0) is 31.5 Å². The average Bonchev–Trinajstić information content (AvgIpc) is 3.05. The van der Waals surface area contributed by atoms with Crippen molar-refractivity contribution in [3.63, 3.8) is 0 Å². The molecule has 0 aliphatic rings. The van der Waals surface area contributed by atoms with Gasteiger partial charge in [0, 0.05) is 5.56 Å². The molecule has 0 amide bonds. The second kappa shape index (κ2) is 5.14. The fourth-order valence-electron chi connectivity index (χ4n) is 2.16. The zero-order valence-electron chi connectivity index (χ0n) is 11.6. The number of benzene rings is 1. The van der Waals surface area contributed by atoms with E-state index in [2.05, 4.69) is 10.2 Å². The minimum Gasteiger partial charge on any atom is -0.416 e. The van der Waals surface area contributed by atoms with Gasteiger partial charge in [0.05, 0.1) is 15.4 Å². The zero-order valence-corrected chi connectivity index (χ0v) is 12.4. The van der Waals surface area contributed by atoms with Gasteiger partial charge in [0.15, 0.2) is 5.78 Å². The van der Waals surface area contributed by atoms with E-state index in [4.69, 9.17) is 10.2 Å². The summed E-state index contributed by atoms with van der Waals surface area (Å²) < 4.78 is 5.70. The summed E-state index contributed by atoms with van der Waals surface area (Å²) >= 11 is 1.25. The molecule has 5 nitrogen and oxygen atoms in total. The Morgan fingerprint density at radius 2 is 1.86 bits per heavy atom. The smallest absolute Gasteiger partial charge is 0.251 e. The van der Waals surface area contributed by atoms with E-state index in [1.807, 2.05) is 37.3 Å². The summed E-state index contributed by atoms with van der Waals surface area (Å²) in [5.41, 5.74) is 8.28. The van der Waals surface area contributed by atoms with E-state index >= 15 is 0 Å². The van der Waals surface area contributed by atoms with E-state index in [0.717, 1.165) is 11.1 Å². The van der Waals surface area contributed by atoms with Crippen LogP contribution < -0.4 is 5.73 Å². The lowest BCUT2D eigenvalue weighted by Gasteiger charge is -1.96. The fourth-order valence-corrected chi connectivity index (χ4v) is 3.12. The molecule has 2 heterocycles. The molecule has 0 saturated carbocycles. The van der Waals surface area contributed by atoms with Crippen LogP contribution in [0.25, 0.3) is 22.9 Å². The van der Waals surface area contributed by atoms with Gasteiger partial charge >= 0.3 is 0 Å². The van der Waals surface area contributed by atoms with Crippen LogP contribution >= 0.6 is 11.3 Å². The molecule has 0 fully saturated rings. The van der Waals surface area contributed by atoms with Gasteiger partial charge in [0.25, 0.3) is 5.89 Å². The van der Waals surface area contributed by atoms with E-state index in [1.165, 1.54) is 18.3 Å². The summed E-state index contributed by atoms with van der Waals surface area (Å²) in [4.78, 5) is 12.2. The maximum Gasteiger partial charge on any atom is 0.251 e. The van der Waals surface area contributed by atoms with Crippen LogP contribution in [0.2, 0.25) is 0 Å². The molecule has 0 atom stereocenters. The molecule has 21 heavy (non-hydrogen) atoms. The lowest BCUT2D eigenvalue weighted by atomic mass is 10.1. The number of carbonyl (C=O) groups is 1. The second-order valence-electron chi connectivity index (χ2n) is 4.63. The molecule has 0 radical (unpaired) electrons. The molecule has 6 heteroatoms. The monoisotopic (exact) mass is 299 g/mol. The van der Waals surface area contributed by atoms with Gasteiger partial charge in [0.2, 0.25) is 5.89 Å². The number of carbonyl (C=O) groups excluding carboxylic acids is 1. The predicted molar refractivity (Wildman–Crippen MR) is 82.2 cm³/mol. The third-order valence-electron chi connectivity index (χ3n) is 3.15. The highest BCUT2D eigenvalue weighted by molar-refractivity contribution is 7.18. The Balaban J connectivity index is 2.07.